The fourth-order valence-electron chi connectivity index (χ4n) is 1.19. The van der Waals surface area contributed by atoms with Crippen molar-refractivity contribution in [1.82, 2.24) is 9.97 Å². The van der Waals surface area contributed by atoms with Gasteiger partial charge in [0.1, 0.15) is 4.64 Å². The van der Waals surface area contributed by atoms with Gasteiger partial charge in [-0.25, -0.2) is 0 Å². The first-order valence-corrected chi connectivity index (χ1v) is 5.06. The Morgan fingerprint density at radius 2 is 2.25 bits per heavy atom. The quantitative estimate of drug-likeness (QED) is 0.780. The second kappa shape index (κ2) is 4.67. The average Bonchev–Trinajstić information content (AvgIpc) is 2.33. The molecule has 0 fully saturated rings. The number of nitrogens with zero attached hydrogens (tertiary/aromatic N) is 1. The van der Waals surface area contributed by atoms with Gasteiger partial charge < -0.3 is 10.3 Å². The monoisotopic (exact) mass is 231 g/mol. The zero-order valence-electron chi connectivity index (χ0n) is 8.31. The van der Waals surface area contributed by atoms with Crippen LogP contribution in [0.25, 0.3) is 0 Å². The summed E-state index contributed by atoms with van der Waals surface area (Å²) in [5, 5.41) is 2.73. The van der Waals surface area contributed by atoms with Crippen molar-refractivity contribution in [3.63, 3.8) is 0 Å². The molecule has 0 saturated carbocycles. The van der Waals surface area contributed by atoms with E-state index in [0.29, 0.717) is 15.9 Å². The highest BCUT2D eigenvalue weighted by Gasteiger charge is 2.04. The number of rotatable bonds is 2. The molecule has 2 aromatic heterocycles. The number of hydrogen-bond donors (Lipinski definition) is 2. The van der Waals surface area contributed by atoms with Crippen molar-refractivity contribution >= 4 is 23.8 Å². The topological polar surface area (TPSA) is 57.8 Å². The third kappa shape index (κ3) is 2.52. The van der Waals surface area contributed by atoms with Crippen LogP contribution in [0, 0.1) is 4.64 Å². The molecule has 0 radical (unpaired) electrons. The number of nitrogens with one attached hydrogen (secondary N) is 2. The molecule has 2 N–H and O–H groups in total. The van der Waals surface area contributed by atoms with E-state index in [0.717, 1.165) is 0 Å². The molecular weight excluding hydrogens is 222 g/mol. The van der Waals surface area contributed by atoms with E-state index >= 15 is 0 Å². The van der Waals surface area contributed by atoms with Crippen molar-refractivity contribution in [3.05, 3.63) is 53.1 Å². The first-order valence-electron chi connectivity index (χ1n) is 4.66. The lowest BCUT2D eigenvalue weighted by Gasteiger charge is -2.03. The van der Waals surface area contributed by atoms with E-state index in [1.54, 1.807) is 36.7 Å². The third-order valence-corrected chi connectivity index (χ3v) is 2.22. The number of carbonyl (C=O) groups is 1. The first-order chi connectivity index (χ1) is 7.75. The van der Waals surface area contributed by atoms with E-state index < -0.39 is 0 Å². The van der Waals surface area contributed by atoms with Gasteiger partial charge in [0.25, 0.3) is 5.91 Å². The molecule has 0 saturated heterocycles. The Kier molecular flexibility index (Phi) is 3.07. The molecule has 0 aliphatic carbocycles. The maximum Gasteiger partial charge on any atom is 0.257 e. The fraction of sp³-hybridized carbons (Fsp3) is 0. The molecule has 16 heavy (non-hydrogen) atoms. The van der Waals surface area contributed by atoms with Gasteiger partial charge in [0.2, 0.25) is 0 Å². The predicted molar refractivity (Wildman–Crippen MR) is 63.8 cm³/mol. The van der Waals surface area contributed by atoms with Gasteiger partial charge in [0.05, 0.1) is 11.3 Å². The molecule has 2 rings (SSSR count). The smallest absolute Gasteiger partial charge is 0.257 e. The molecule has 2 heterocycles. The molecule has 5 heteroatoms. The van der Waals surface area contributed by atoms with Gasteiger partial charge in [-0.3, -0.25) is 9.78 Å². The second-order valence-corrected chi connectivity index (χ2v) is 3.58. The number of anilines is 1. The van der Waals surface area contributed by atoms with Crippen molar-refractivity contribution in [3.8, 4) is 0 Å². The van der Waals surface area contributed by atoms with E-state index in [2.05, 4.69) is 15.3 Å². The summed E-state index contributed by atoms with van der Waals surface area (Å²) in [4.78, 5) is 18.4. The number of aromatic amines is 1. The van der Waals surface area contributed by atoms with Crippen LogP contribution in [0.4, 0.5) is 5.69 Å². The lowest BCUT2D eigenvalue weighted by molar-refractivity contribution is 0.102. The highest BCUT2D eigenvalue weighted by Crippen LogP contribution is 2.06. The fourth-order valence-corrected chi connectivity index (χ4v) is 1.32. The van der Waals surface area contributed by atoms with Crippen molar-refractivity contribution < 1.29 is 4.79 Å². The summed E-state index contributed by atoms with van der Waals surface area (Å²) >= 11 is 4.90. The summed E-state index contributed by atoms with van der Waals surface area (Å²) in [7, 11) is 0. The molecule has 4 nitrogen and oxygen atoms in total. The summed E-state index contributed by atoms with van der Waals surface area (Å²) in [6, 6.07) is 6.88. The third-order valence-electron chi connectivity index (χ3n) is 1.97. The van der Waals surface area contributed by atoms with Gasteiger partial charge in [-0.1, -0.05) is 12.2 Å². The summed E-state index contributed by atoms with van der Waals surface area (Å²) < 4.78 is 0.624. The van der Waals surface area contributed by atoms with Crippen LogP contribution in [-0.2, 0) is 0 Å². The summed E-state index contributed by atoms with van der Waals surface area (Å²) in [5.74, 6) is -0.196. The lowest BCUT2D eigenvalue weighted by atomic mass is 10.2. The van der Waals surface area contributed by atoms with E-state index in [9.17, 15) is 4.79 Å². The molecule has 0 aromatic carbocycles. The normalized spacial score (nSPS) is 9.75. The van der Waals surface area contributed by atoms with Gasteiger partial charge >= 0.3 is 0 Å². The van der Waals surface area contributed by atoms with E-state index in [1.165, 1.54) is 6.20 Å². The van der Waals surface area contributed by atoms with Gasteiger partial charge in [0, 0.05) is 18.6 Å². The average molecular weight is 231 g/mol. The van der Waals surface area contributed by atoms with Crippen LogP contribution in [0.2, 0.25) is 0 Å². The molecule has 0 aliphatic heterocycles. The highest BCUT2D eigenvalue weighted by molar-refractivity contribution is 7.71. The maximum absolute atomic E-state index is 11.7. The number of carbonyl (C=O) groups excluding carboxylic acids is 1. The number of hydrogen-bond acceptors (Lipinski definition) is 3. The van der Waals surface area contributed by atoms with E-state index in [-0.39, 0.29) is 5.91 Å². The van der Waals surface area contributed by atoms with E-state index in [1.807, 2.05) is 0 Å². The Balaban J connectivity index is 2.14. The minimum absolute atomic E-state index is 0.196. The summed E-state index contributed by atoms with van der Waals surface area (Å²) in [6.07, 6.45) is 4.79. The molecular formula is C11H9N3OS. The molecule has 1 amide bonds. The summed E-state index contributed by atoms with van der Waals surface area (Å²) in [5.41, 5.74) is 1.19. The Labute approximate surface area is 97.4 Å². The Hall–Kier alpha value is -2.01. The standard InChI is InChI=1S/C11H9N3OS/c15-11(8-2-1-5-12-6-8)14-9-3-4-10(16)13-7-9/h1-7H,(H,13,16)(H,14,15). The molecule has 0 unspecified atom stereocenters. The van der Waals surface area contributed by atoms with Crippen LogP contribution in [0.5, 0.6) is 0 Å². The van der Waals surface area contributed by atoms with Crippen LogP contribution in [0.1, 0.15) is 10.4 Å². The first kappa shape index (κ1) is 10.5. The minimum Gasteiger partial charge on any atom is -0.351 e. The second-order valence-electron chi connectivity index (χ2n) is 3.14. The van der Waals surface area contributed by atoms with Crippen LogP contribution >= 0.6 is 12.2 Å². The molecule has 80 valence electrons. The minimum atomic E-state index is -0.196. The van der Waals surface area contributed by atoms with Crippen LogP contribution in [0.15, 0.2) is 42.9 Å². The Morgan fingerprint density at radius 3 is 2.88 bits per heavy atom. The van der Waals surface area contributed by atoms with Gasteiger partial charge in [-0.2, -0.15) is 0 Å². The van der Waals surface area contributed by atoms with Crippen LogP contribution in [0.3, 0.4) is 0 Å². The van der Waals surface area contributed by atoms with Gasteiger partial charge in [0.15, 0.2) is 0 Å². The van der Waals surface area contributed by atoms with Crippen molar-refractivity contribution in [2.24, 2.45) is 0 Å². The Bertz CT molecular complexity index is 530. The molecule has 0 atom stereocenters. The lowest BCUT2D eigenvalue weighted by Crippen LogP contribution is -2.11. The SMILES string of the molecule is O=C(Nc1ccc(=S)[nH]c1)c1cccnc1. The van der Waals surface area contributed by atoms with Crippen molar-refractivity contribution in [2.45, 2.75) is 0 Å². The molecule has 0 bridgehead atoms. The number of amides is 1. The van der Waals surface area contributed by atoms with Gasteiger partial charge in [-0.05, 0) is 24.3 Å². The van der Waals surface area contributed by atoms with Crippen LogP contribution < -0.4 is 5.32 Å². The predicted octanol–water partition coefficient (Wildman–Crippen LogP) is 2.39. The Morgan fingerprint density at radius 1 is 1.38 bits per heavy atom. The highest BCUT2D eigenvalue weighted by atomic mass is 32.1. The zero-order chi connectivity index (χ0) is 11.4. The number of pyridine rings is 2. The molecule has 0 aliphatic rings. The molecule has 0 spiro atoms. The number of H-pyrrole nitrogens is 1. The van der Waals surface area contributed by atoms with Crippen molar-refractivity contribution in [1.29, 1.82) is 0 Å². The zero-order valence-corrected chi connectivity index (χ0v) is 9.12. The van der Waals surface area contributed by atoms with E-state index in [4.69, 9.17) is 12.2 Å². The maximum atomic E-state index is 11.7. The summed E-state index contributed by atoms with van der Waals surface area (Å²) in [6.45, 7) is 0. The number of aromatic nitrogens is 2. The van der Waals surface area contributed by atoms with Crippen molar-refractivity contribution in [2.75, 3.05) is 5.32 Å². The van der Waals surface area contributed by atoms with Gasteiger partial charge in [-0.15, -0.1) is 0 Å². The largest absolute Gasteiger partial charge is 0.351 e. The van der Waals surface area contributed by atoms with Crippen LogP contribution in [-0.4, -0.2) is 15.9 Å². The molecule has 2 aromatic rings.